The summed E-state index contributed by atoms with van der Waals surface area (Å²) in [6.07, 6.45) is 2.55. The molecule has 3 heterocycles. The molecule has 2 aliphatic carbocycles. The second-order valence-electron chi connectivity index (χ2n) is 14.6. The average molecular weight is 643 g/mol. The predicted octanol–water partition coefficient (Wildman–Crippen LogP) is 3.70. The van der Waals surface area contributed by atoms with Crippen LogP contribution in [0.3, 0.4) is 0 Å². The Kier molecular flexibility index (Phi) is 8.39. The van der Waals surface area contributed by atoms with Crippen molar-refractivity contribution in [1.82, 2.24) is 20.4 Å². The number of benzene rings is 1. The molecule has 0 bridgehead atoms. The quantitative estimate of drug-likeness (QED) is 0.451. The largest absolute Gasteiger partial charge is 0.479 e. The summed E-state index contributed by atoms with van der Waals surface area (Å²) in [7, 11) is 0. The molecule has 4 fully saturated rings. The fourth-order valence-corrected chi connectivity index (χ4v) is 7.59. The van der Waals surface area contributed by atoms with E-state index >= 15 is 0 Å². The van der Waals surface area contributed by atoms with Gasteiger partial charge in [-0.2, -0.15) is 0 Å². The molecule has 5 aliphatic rings. The second kappa shape index (κ2) is 12.0. The molecule has 3 N–H and O–H groups in total. The fourth-order valence-electron chi connectivity index (χ4n) is 7.59. The van der Waals surface area contributed by atoms with E-state index in [2.05, 4.69) is 10.6 Å². The molecule has 0 aromatic heterocycles. The molecule has 2 saturated carbocycles. The number of amides is 4. The van der Waals surface area contributed by atoms with E-state index in [0.717, 1.165) is 25.7 Å². The molecule has 2 saturated heterocycles. The summed E-state index contributed by atoms with van der Waals surface area (Å²) in [6.45, 7) is 5.22. The van der Waals surface area contributed by atoms with Crippen molar-refractivity contribution in [3.8, 4) is 0 Å². The van der Waals surface area contributed by atoms with Crippen molar-refractivity contribution >= 4 is 30.0 Å². The minimum Gasteiger partial charge on any atom is -0.479 e. The highest BCUT2D eigenvalue weighted by atomic mass is 19.1. The van der Waals surface area contributed by atoms with Gasteiger partial charge in [0.15, 0.2) is 0 Å². The van der Waals surface area contributed by atoms with Crippen molar-refractivity contribution in [1.29, 1.82) is 0 Å². The van der Waals surface area contributed by atoms with Gasteiger partial charge >= 0.3 is 18.2 Å². The Balaban J connectivity index is 1.22. The first kappa shape index (κ1) is 32.1. The van der Waals surface area contributed by atoms with Gasteiger partial charge in [0, 0.05) is 18.5 Å². The number of rotatable bonds is 3. The molecule has 6 rings (SSSR count). The topological polar surface area (TPSA) is 155 Å². The molecule has 4 amide bonds. The summed E-state index contributed by atoms with van der Waals surface area (Å²) >= 11 is 0. The third-order valence-corrected chi connectivity index (χ3v) is 10.1. The minimum atomic E-state index is -1.39. The number of carbonyl (C=O) groups excluding carboxylic acids is 4. The van der Waals surface area contributed by atoms with Gasteiger partial charge in [-0.05, 0) is 69.4 Å². The molecule has 0 radical (unpaired) electrons. The van der Waals surface area contributed by atoms with E-state index in [4.69, 9.17) is 9.47 Å². The third kappa shape index (κ3) is 6.50. The lowest BCUT2D eigenvalue weighted by atomic mass is 10.0. The van der Waals surface area contributed by atoms with Gasteiger partial charge in [0.2, 0.25) is 11.8 Å². The zero-order valence-corrected chi connectivity index (χ0v) is 26.6. The molecule has 250 valence electrons. The van der Waals surface area contributed by atoms with Crippen molar-refractivity contribution in [3.63, 3.8) is 0 Å². The summed E-state index contributed by atoms with van der Waals surface area (Å²) in [5.74, 6) is -2.17. The maximum atomic E-state index is 14.3. The summed E-state index contributed by atoms with van der Waals surface area (Å²) < 4.78 is 25.5. The van der Waals surface area contributed by atoms with Crippen LogP contribution in [-0.4, -0.2) is 80.7 Å². The molecule has 46 heavy (non-hydrogen) atoms. The van der Waals surface area contributed by atoms with Gasteiger partial charge in [0.05, 0.1) is 13.1 Å². The number of aliphatic carboxylic acids is 1. The monoisotopic (exact) mass is 642 g/mol. The van der Waals surface area contributed by atoms with E-state index in [0.29, 0.717) is 36.3 Å². The van der Waals surface area contributed by atoms with Crippen LogP contribution in [0.4, 0.5) is 14.0 Å². The fraction of sp³-hybridized carbons (Fsp3) is 0.667. The summed E-state index contributed by atoms with van der Waals surface area (Å²) in [5, 5.41) is 15.7. The molecule has 3 aliphatic heterocycles. The molecular formula is C33H43FN4O8. The molecule has 12 nitrogen and oxygen atoms in total. The number of nitrogens with zero attached hydrogens (tertiary/aromatic N) is 2. The van der Waals surface area contributed by atoms with Crippen LogP contribution in [0.5, 0.6) is 0 Å². The number of carbonyl (C=O) groups is 5. The van der Waals surface area contributed by atoms with Crippen LogP contribution in [0.25, 0.3) is 0 Å². The standard InChI is InChI=1S/C33H43FN4O8/c1-32(2,3)46-30(43)35-25-11-6-4-5-8-18-12-21(18)23-14-33(23,29(41)42)36-27(39)26-13-20(16-38(26)28(25)40)45-31(44)37-15-19-9-7-10-24(34)22(19)17-37/h7,9-10,18,20-21,23,25-26H,4-6,8,11-17H2,1-3H3,(H,35,43)(H,36,39)(H,41,42)/t18?,20-,21?,23-,25+,26+,33-/m1/s1. The van der Waals surface area contributed by atoms with E-state index in [1.54, 1.807) is 32.9 Å². The molecule has 1 aromatic rings. The maximum Gasteiger partial charge on any atom is 0.410 e. The van der Waals surface area contributed by atoms with Gasteiger partial charge in [-0.3, -0.25) is 14.5 Å². The first-order chi connectivity index (χ1) is 21.8. The lowest BCUT2D eigenvalue weighted by Crippen LogP contribution is -2.56. The zero-order chi connectivity index (χ0) is 33.0. The molecule has 7 atom stereocenters. The average Bonchev–Trinajstić information content (AvgIpc) is 3.78. The maximum absolute atomic E-state index is 14.3. The van der Waals surface area contributed by atoms with Gasteiger partial charge in [-0.1, -0.05) is 37.8 Å². The van der Waals surface area contributed by atoms with Crippen LogP contribution in [0.1, 0.15) is 83.3 Å². The third-order valence-electron chi connectivity index (χ3n) is 10.1. The molecular weight excluding hydrogens is 599 g/mol. The van der Waals surface area contributed by atoms with Crippen LogP contribution in [0, 0.1) is 23.6 Å². The number of hydrogen-bond acceptors (Lipinski definition) is 7. The van der Waals surface area contributed by atoms with Crippen molar-refractivity contribution in [3.05, 3.63) is 35.1 Å². The zero-order valence-electron chi connectivity index (χ0n) is 26.6. The van der Waals surface area contributed by atoms with E-state index < -0.39 is 65.1 Å². The second-order valence-corrected chi connectivity index (χ2v) is 14.6. The van der Waals surface area contributed by atoms with E-state index in [-0.39, 0.29) is 37.9 Å². The van der Waals surface area contributed by atoms with Gasteiger partial charge < -0.3 is 30.1 Å². The number of ether oxygens (including phenoxy) is 2. The van der Waals surface area contributed by atoms with Crippen LogP contribution in [0.15, 0.2) is 18.2 Å². The van der Waals surface area contributed by atoms with Crippen molar-refractivity contribution in [2.45, 2.75) is 115 Å². The Bertz CT molecular complexity index is 1430. The van der Waals surface area contributed by atoms with Gasteiger partial charge in [-0.15, -0.1) is 0 Å². The van der Waals surface area contributed by atoms with Crippen LogP contribution in [-0.2, 0) is 36.9 Å². The van der Waals surface area contributed by atoms with Crippen molar-refractivity contribution < 1.29 is 42.9 Å². The van der Waals surface area contributed by atoms with E-state index in [9.17, 15) is 33.5 Å². The molecule has 1 aromatic carbocycles. The van der Waals surface area contributed by atoms with E-state index in [1.807, 2.05) is 0 Å². The Morgan fingerprint density at radius 1 is 1.09 bits per heavy atom. The first-order valence-corrected chi connectivity index (χ1v) is 16.3. The summed E-state index contributed by atoms with van der Waals surface area (Å²) in [5.41, 5.74) is -1.09. The SMILES string of the molecule is CC(C)(C)OC(=O)N[C@H]1CCCCCC2CC2[C@H]2C[C@@]2(C(=O)O)NC(=O)[C@@H]2C[C@@H](OC(=O)N3Cc4cccc(F)c4C3)CN2C1=O. The summed E-state index contributed by atoms with van der Waals surface area (Å²) in [4.78, 5) is 69.1. The van der Waals surface area contributed by atoms with Crippen LogP contribution >= 0.6 is 0 Å². The normalized spacial score (nSPS) is 32.4. The number of carboxylic acid groups (broad SMARTS) is 1. The highest BCUT2D eigenvalue weighted by Gasteiger charge is 2.68. The number of alkyl carbamates (subject to hydrolysis) is 1. The number of nitrogens with one attached hydrogen (secondary N) is 2. The van der Waals surface area contributed by atoms with Gasteiger partial charge in [0.25, 0.3) is 0 Å². The highest BCUT2D eigenvalue weighted by Crippen LogP contribution is 2.61. The smallest absolute Gasteiger partial charge is 0.410 e. The van der Waals surface area contributed by atoms with Crippen LogP contribution < -0.4 is 10.6 Å². The van der Waals surface area contributed by atoms with Gasteiger partial charge in [0.1, 0.15) is 35.1 Å². The van der Waals surface area contributed by atoms with Crippen LogP contribution in [0.2, 0.25) is 0 Å². The van der Waals surface area contributed by atoms with Crippen molar-refractivity contribution in [2.24, 2.45) is 17.8 Å². The molecule has 13 heteroatoms. The lowest BCUT2D eigenvalue weighted by molar-refractivity contribution is -0.146. The number of carboxylic acids is 1. The van der Waals surface area contributed by atoms with E-state index in [1.165, 1.54) is 15.9 Å². The predicted molar refractivity (Wildman–Crippen MR) is 160 cm³/mol. The van der Waals surface area contributed by atoms with Gasteiger partial charge in [-0.25, -0.2) is 18.8 Å². The molecule has 0 spiro atoms. The molecule has 2 unspecified atom stereocenters. The Morgan fingerprint density at radius 2 is 1.85 bits per heavy atom. The Hall–Kier alpha value is -3.90. The lowest BCUT2D eigenvalue weighted by Gasteiger charge is -2.30. The number of halogens is 1. The Morgan fingerprint density at radius 3 is 2.57 bits per heavy atom. The number of fused-ring (bicyclic) bond motifs is 5. The number of hydrogen-bond donors (Lipinski definition) is 3. The highest BCUT2D eigenvalue weighted by molar-refractivity contribution is 5.96. The van der Waals surface area contributed by atoms with Crippen molar-refractivity contribution in [2.75, 3.05) is 6.54 Å². The Labute approximate surface area is 267 Å². The summed E-state index contributed by atoms with van der Waals surface area (Å²) in [6, 6.07) is 2.52. The first-order valence-electron chi connectivity index (χ1n) is 16.3. The minimum absolute atomic E-state index is 0.0344.